The number of ether oxygens (including phenoxy) is 1. The van der Waals surface area contributed by atoms with Gasteiger partial charge in [0.15, 0.2) is 11.2 Å². The van der Waals surface area contributed by atoms with E-state index in [9.17, 15) is 14.4 Å². The standard InChI is InChI=1S/C22H25N5O4/c1-4-31-17(28)11-13-26-20(29)18-19(24(3)22(26)30)23-21-25(15(2)14-27(18)21)12-10-16-8-6-5-7-9-16/h5-9,14H,4,10-13H2,1-3H3. The van der Waals surface area contributed by atoms with Crippen LogP contribution in [0.1, 0.15) is 24.6 Å². The van der Waals surface area contributed by atoms with E-state index in [2.05, 4.69) is 17.1 Å². The number of benzene rings is 1. The average Bonchev–Trinajstić information content (AvgIpc) is 3.26. The number of aryl methyl sites for hydroxylation is 4. The molecule has 9 nitrogen and oxygen atoms in total. The van der Waals surface area contributed by atoms with Crippen molar-refractivity contribution in [2.75, 3.05) is 6.61 Å². The Bertz CT molecular complexity index is 1370. The Hall–Kier alpha value is -3.62. The zero-order valence-corrected chi connectivity index (χ0v) is 17.9. The molecule has 0 radical (unpaired) electrons. The fourth-order valence-electron chi connectivity index (χ4n) is 3.85. The minimum absolute atomic E-state index is 0.0405. The summed E-state index contributed by atoms with van der Waals surface area (Å²) < 4.78 is 11.1. The molecule has 0 aliphatic carbocycles. The van der Waals surface area contributed by atoms with Crippen LogP contribution in [-0.2, 0) is 36.1 Å². The Labute approximate surface area is 178 Å². The van der Waals surface area contributed by atoms with Gasteiger partial charge in [0.05, 0.1) is 13.0 Å². The molecule has 3 heterocycles. The molecule has 3 aromatic heterocycles. The van der Waals surface area contributed by atoms with E-state index >= 15 is 0 Å². The van der Waals surface area contributed by atoms with E-state index in [1.165, 1.54) is 10.1 Å². The minimum atomic E-state index is -0.505. The summed E-state index contributed by atoms with van der Waals surface area (Å²) >= 11 is 0. The van der Waals surface area contributed by atoms with Gasteiger partial charge in [-0.15, -0.1) is 0 Å². The second kappa shape index (κ2) is 8.25. The van der Waals surface area contributed by atoms with Crippen molar-refractivity contribution in [1.29, 1.82) is 0 Å². The first-order valence-electron chi connectivity index (χ1n) is 10.3. The molecule has 0 aliphatic rings. The van der Waals surface area contributed by atoms with Crippen LogP contribution in [0, 0.1) is 6.92 Å². The van der Waals surface area contributed by atoms with Crippen LogP contribution in [0.4, 0.5) is 0 Å². The van der Waals surface area contributed by atoms with Crippen molar-refractivity contribution in [1.82, 2.24) is 23.1 Å². The molecule has 0 unspecified atom stereocenters. The molecule has 1 aromatic carbocycles. The van der Waals surface area contributed by atoms with Gasteiger partial charge in [0, 0.05) is 32.0 Å². The lowest BCUT2D eigenvalue weighted by molar-refractivity contribution is -0.143. The Morgan fingerprint density at radius 3 is 2.55 bits per heavy atom. The molecular weight excluding hydrogens is 398 g/mol. The fraction of sp³-hybridized carbons (Fsp3) is 0.364. The molecule has 0 N–H and O–H groups in total. The van der Waals surface area contributed by atoms with Crippen molar-refractivity contribution in [3.05, 3.63) is 68.6 Å². The van der Waals surface area contributed by atoms with Crippen molar-refractivity contribution in [3.63, 3.8) is 0 Å². The normalized spacial score (nSPS) is 11.5. The summed E-state index contributed by atoms with van der Waals surface area (Å²) in [6, 6.07) is 10.1. The molecule has 0 saturated carbocycles. The molecule has 4 aromatic rings. The second-order valence-electron chi connectivity index (χ2n) is 7.47. The second-order valence-corrected chi connectivity index (χ2v) is 7.47. The third-order valence-corrected chi connectivity index (χ3v) is 5.45. The smallest absolute Gasteiger partial charge is 0.332 e. The quantitative estimate of drug-likeness (QED) is 0.422. The monoisotopic (exact) mass is 423 g/mol. The van der Waals surface area contributed by atoms with Crippen molar-refractivity contribution in [2.24, 2.45) is 7.05 Å². The highest BCUT2D eigenvalue weighted by molar-refractivity contribution is 5.75. The molecule has 0 aliphatic heterocycles. The Balaban J connectivity index is 1.78. The van der Waals surface area contributed by atoms with Crippen molar-refractivity contribution < 1.29 is 9.53 Å². The van der Waals surface area contributed by atoms with Gasteiger partial charge < -0.3 is 9.30 Å². The summed E-state index contributed by atoms with van der Waals surface area (Å²) in [6.07, 6.45) is 2.63. The number of hydrogen-bond donors (Lipinski definition) is 0. The molecule has 162 valence electrons. The molecular formula is C22H25N5O4. The van der Waals surface area contributed by atoms with Crippen LogP contribution < -0.4 is 11.2 Å². The molecule has 31 heavy (non-hydrogen) atoms. The number of aromatic nitrogens is 5. The average molecular weight is 423 g/mol. The first-order valence-corrected chi connectivity index (χ1v) is 10.3. The van der Waals surface area contributed by atoms with Crippen LogP contribution >= 0.6 is 0 Å². The number of fused-ring (bicyclic) bond motifs is 3. The number of carbonyl (C=O) groups is 1. The van der Waals surface area contributed by atoms with Gasteiger partial charge in [-0.2, -0.15) is 4.98 Å². The van der Waals surface area contributed by atoms with E-state index in [1.807, 2.05) is 35.9 Å². The molecule has 0 atom stereocenters. The fourth-order valence-corrected chi connectivity index (χ4v) is 3.85. The molecule has 0 saturated heterocycles. The summed E-state index contributed by atoms with van der Waals surface area (Å²) in [5.74, 6) is 0.163. The number of rotatable bonds is 7. The van der Waals surface area contributed by atoms with Crippen LogP contribution in [0.15, 0.2) is 46.1 Å². The minimum Gasteiger partial charge on any atom is -0.466 e. The van der Waals surface area contributed by atoms with E-state index in [4.69, 9.17) is 4.74 Å². The molecule has 0 amide bonds. The number of esters is 1. The summed E-state index contributed by atoms with van der Waals surface area (Å²) in [7, 11) is 1.58. The van der Waals surface area contributed by atoms with Crippen molar-refractivity contribution in [3.8, 4) is 0 Å². The first-order chi connectivity index (χ1) is 14.9. The van der Waals surface area contributed by atoms with Gasteiger partial charge in [-0.1, -0.05) is 30.3 Å². The van der Waals surface area contributed by atoms with Gasteiger partial charge >= 0.3 is 11.7 Å². The van der Waals surface area contributed by atoms with E-state index < -0.39 is 17.2 Å². The van der Waals surface area contributed by atoms with E-state index in [0.29, 0.717) is 23.5 Å². The number of nitrogens with zero attached hydrogens (tertiary/aromatic N) is 5. The van der Waals surface area contributed by atoms with Crippen molar-refractivity contribution in [2.45, 2.75) is 39.8 Å². The zero-order chi connectivity index (χ0) is 22.1. The van der Waals surface area contributed by atoms with Crippen LogP contribution in [0.3, 0.4) is 0 Å². The van der Waals surface area contributed by atoms with Gasteiger partial charge in [-0.25, -0.2) is 4.79 Å². The molecule has 9 heteroatoms. The number of carbonyl (C=O) groups excluding carboxylic acids is 1. The van der Waals surface area contributed by atoms with Gasteiger partial charge in [-0.05, 0) is 25.8 Å². The molecule has 0 bridgehead atoms. The van der Waals surface area contributed by atoms with Crippen LogP contribution in [0.5, 0.6) is 0 Å². The topological polar surface area (TPSA) is 92.5 Å². The largest absolute Gasteiger partial charge is 0.466 e. The van der Waals surface area contributed by atoms with Crippen molar-refractivity contribution >= 4 is 22.9 Å². The van der Waals surface area contributed by atoms with E-state index in [0.717, 1.165) is 16.7 Å². The first kappa shape index (κ1) is 20.6. The maximum absolute atomic E-state index is 13.2. The third kappa shape index (κ3) is 3.67. The number of hydrogen-bond acceptors (Lipinski definition) is 5. The van der Waals surface area contributed by atoms with Crippen LogP contribution in [-0.4, -0.2) is 35.7 Å². The Morgan fingerprint density at radius 1 is 1.10 bits per heavy atom. The highest BCUT2D eigenvalue weighted by Crippen LogP contribution is 2.17. The highest BCUT2D eigenvalue weighted by atomic mass is 16.5. The molecule has 0 spiro atoms. The molecule has 4 rings (SSSR count). The Morgan fingerprint density at radius 2 is 1.84 bits per heavy atom. The zero-order valence-electron chi connectivity index (χ0n) is 17.9. The van der Waals surface area contributed by atoms with E-state index in [1.54, 1.807) is 18.4 Å². The summed E-state index contributed by atoms with van der Waals surface area (Å²) in [6.45, 7) is 4.58. The summed E-state index contributed by atoms with van der Waals surface area (Å²) in [5.41, 5.74) is 1.85. The van der Waals surface area contributed by atoms with Gasteiger partial charge in [0.1, 0.15) is 0 Å². The predicted molar refractivity (Wildman–Crippen MR) is 116 cm³/mol. The van der Waals surface area contributed by atoms with Crippen LogP contribution in [0.25, 0.3) is 16.9 Å². The van der Waals surface area contributed by atoms with Crippen LogP contribution in [0.2, 0.25) is 0 Å². The maximum Gasteiger partial charge on any atom is 0.332 e. The Kier molecular flexibility index (Phi) is 5.50. The lowest BCUT2D eigenvalue weighted by atomic mass is 10.1. The summed E-state index contributed by atoms with van der Waals surface area (Å²) in [5, 5.41) is 0. The molecule has 0 fully saturated rings. The lowest BCUT2D eigenvalue weighted by Crippen LogP contribution is -2.39. The third-order valence-electron chi connectivity index (χ3n) is 5.45. The van der Waals surface area contributed by atoms with Gasteiger partial charge in [-0.3, -0.25) is 23.1 Å². The highest BCUT2D eigenvalue weighted by Gasteiger charge is 2.20. The summed E-state index contributed by atoms with van der Waals surface area (Å²) in [4.78, 5) is 42.3. The number of imidazole rings is 2. The van der Waals surface area contributed by atoms with E-state index in [-0.39, 0.29) is 19.6 Å². The lowest BCUT2D eigenvalue weighted by Gasteiger charge is -2.08. The maximum atomic E-state index is 13.2. The predicted octanol–water partition coefficient (Wildman–Crippen LogP) is 1.65. The van der Waals surface area contributed by atoms with Gasteiger partial charge in [0.2, 0.25) is 5.78 Å². The van der Waals surface area contributed by atoms with Gasteiger partial charge in [0.25, 0.3) is 5.56 Å². The SMILES string of the molecule is CCOC(=O)CCn1c(=O)c2c(nc3n(CCc4ccccc4)c(C)cn23)n(C)c1=O.